The van der Waals surface area contributed by atoms with Crippen LogP contribution in [0.4, 0.5) is 13.8 Å². The first-order chi connectivity index (χ1) is 15.5. The number of anilines is 1. The van der Waals surface area contributed by atoms with Crippen molar-refractivity contribution in [2.75, 3.05) is 12.4 Å². The van der Waals surface area contributed by atoms with E-state index in [2.05, 4.69) is 5.32 Å². The second-order valence-corrected chi connectivity index (χ2v) is 9.41. The van der Waals surface area contributed by atoms with Crippen LogP contribution in [0.3, 0.4) is 0 Å². The normalized spacial score (nSPS) is 13.2. The standard InChI is InChI=1S/C23H21F2NO4S2/c1-29-23(28)20-15-5-3-2-4-6-18(15)32-22(20)26-21(27)19-9-13(12-31-19)11-30-17-8-7-14(24)10-16(17)25/h7-10,12H,2-6,11H2,1H3,(H,26,27). The Morgan fingerprint density at radius 1 is 1.12 bits per heavy atom. The van der Waals surface area contributed by atoms with Crippen LogP contribution in [0.25, 0.3) is 0 Å². The SMILES string of the molecule is COC(=O)c1c(NC(=O)c2cc(COc3ccc(F)cc3F)cs2)sc2c1CCCCC2. The fourth-order valence-corrected chi connectivity index (χ4v) is 5.70. The molecule has 0 unspecified atom stereocenters. The minimum absolute atomic E-state index is 0.0348. The van der Waals surface area contributed by atoms with E-state index in [0.717, 1.165) is 54.7 Å². The molecule has 2 aromatic heterocycles. The van der Waals surface area contributed by atoms with Crippen molar-refractivity contribution in [2.45, 2.75) is 38.7 Å². The summed E-state index contributed by atoms with van der Waals surface area (Å²) >= 11 is 2.65. The van der Waals surface area contributed by atoms with Crippen LogP contribution in [0.2, 0.25) is 0 Å². The van der Waals surface area contributed by atoms with Crippen LogP contribution < -0.4 is 10.1 Å². The summed E-state index contributed by atoms with van der Waals surface area (Å²) < 4.78 is 37.1. The Morgan fingerprint density at radius 3 is 2.72 bits per heavy atom. The van der Waals surface area contributed by atoms with Crippen molar-refractivity contribution in [1.29, 1.82) is 0 Å². The van der Waals surface area contributed by atoms with Gasteiger partial charge in [-0.3, -0.25) is 4.79 Å². The van der Waals surface area contributed by atoms with Crippen LogP contribution >= 0.6 is 22.7 Å². The highest BCUT2D eigenvalue weighted by molar-refractivity contribution is 7.17. The van der Waals surface area contributed by atoms with Gasteiger partial charge in [0.25, 0.3) is 5.91 Å². The van der Waals surface area contributed by atoms with Gasteiger partial charge in [0.15, 0.2) is 11.6 Å². The molecule has 0 atom stereocenters. The molecule has 4 rings (SSSR count). The van der Waals surface area contributed by atoms with Crippen LogP contribution in [0, 0.1) is 11.6 Å². The number of amides is 1. The number of halogens is 2. The molecule has 3 aromatic rings. The van der Waals surface area contributed by atoms with E-state index < -0.39 is 17.6 Å². The third kappa shape index (κ3) is 4.83. The van der Waals surface area contributed by atoms with Crippen molar-refractivity contribution in [1.82, 2.24) is 0 Å². The number of hydrogen-bond donors (Lipinski definition) is 1. The van der Waals surface area contributed by atoms with Gasteiger partial charge in [0, 0.05) is 16.5 Å². The Morgan fingerprint density at radius 2 is 1.94 bits per heavy atom. The highest BCUT2D eigenvalue weighted by atomic mass is 32.1. The molecule has 1 amide bonds. The van der Waals surface area contributed by atoms with E-state index in [9.17, 15) is 18.4 Å². The van der Waals surface area contributed by atoms with E-state index in [1.54, 1.807) is 11.4 Å². The average molecular weight is 478 g/mol. The quantitative estimate of drug-likeness (QED) is 0.351. The van der Waals surface area contributed by atoms with E-state index in [1.807, 2.05) is 0 Å². The van der Waals surface area contributed by atoms with Gasteiger partial charge in [-0.05, 0) is 54.8 Å². The lowest BCUT2D eigenvalue weighted by Gasteiger charge is -2.07. The van der Waals surface area contributed by atoms with Crippen molar-refractivity contribution in [3.63, 3.8) is 0 Å². The molecule has 168 valence electrons. The van der Waals surface area contributed by atoms with Gasteiger partial charge in [0.05, 0.1) is 17.6 Å². The molecule has 2 heterocycles. The number of carbonyl (C=O) groups excluding carboxylic acids is 2. The van der Waals surface area contributed by atoms with E-state index in [1.165, 1.54) is 35.8 Å². The monoisotopic (exact) mass is 477 g/mol. The maximum atomic E-state index is 13.7. The molecule has 9 heteroatoms. The van der Waals surface area contributed by atoms with E-state index in [4.69, 9.17) is 9.47 Å². The lowest BCUT2D eigenvalue weighted by molar-refractivity contribution is 0.0601. The van der Waals surface area contributed by atoms with Gasteiger partial charge in [-0.2, -0.15) is 0 Å². The molecule has 32 heavy (non-hydrogen) atoms. The number of carbonyl (C=O) groups is 2. The number of fused-ring (bicyclic) bond motifs is 1. The van der Waals surface area contributed by atoms with E-state index in [-0.39, 0.29) is 18.3 Å². The highest BCUT2D eigenvalue weighted by Gasteiger charge is 2.26. The Hall–Kier alpha value is -2.78. The second-order valence-electron chi connectivity index (χ2n) is 7.40. The van der Waals surface area contributed by atoms with Crippen molar-refractivity contribution in [2.24, 2.45) is 0 Å². The van der Waals surface area contributed by atoms with Gasteiger partial charge in [-0.1, -0.05) is 6.42 Å². The fraction of sp³-hybridized carbons (Fsp3) is 0.304. The molecule has 0 saturated carbocycles. The number of ether oxygens (including phenoxy) is 2. The molecular formula is C23H21F2NO4S2. The molecule has 1 aromatic carbocycles. The Balaban J connectivity index is 1.48. The topological polar surface area (TPSA) is 64.6 Å². The lowest BCUT2D eigenvalue weighted by Crippen LogP contribution is -2.13. The van der Waals surface area contributed by atoms with E-state index in [0.29, 0.717) is 21.0 Å². The maximum absolute atomic E-state index is 13.7. The van der Waals surface area contributed by atoms with Crippen molar-refractivity contribution in [3.8, 4) is 5.75 Å². The van der Waals surface area contributed by atoms with Crippen molar-refractivity contribution < 1.29 is 27.8 Å². The predicted molar refractivity (Wildman–Crippen MR) is 120 cm³/mol. The van der Waals surface area contributed by atoms with Gasteiger partial charge in [0.2, 0.25) is 0 Å². The maximum Gasteiger partial charge on any atom is 0.341 e. The third-order valence-electron chi connectivity index (χ3n) is 5.20. The Bertz CT molecular complexity index is 1160. The summed E-state index contributed by atoms with van der Waals surface area (Å²) in [5.41, 5.74) is 2.12. The zero-order valence-electron chi connectivity index (χ0n) is 17.3. The smallest absolute Gasteiger partial charge is 0.341 e. The average Bonchev–Trinajstić information content (AvgIpc) is 3.31. The minimum Gasteiger partial charge on any atom is -0.486 e. The first kappa shape index (κ1) is 22.4. The van der Waals surface area contributed by atoms with Crippen LogP contribution in [-0.4, -0.2) is 19.0 Å². The molecule has 0 fully saturated rings. The number of benzene rings is 1. The summed E-state index contributed by atoms with van der Waals surface area (Å²) in [6.07, 6.45) is 4.87. The zero-order chi connectivity index (χ0) is 22.7. The summed E-state index contributed by atoms with van der Waals surface area (Å²) in [6.45, 7) is 0.0348. The first-order valence-corrected chi connectivity index (χ1v) is 11.9. The summed E-state index contributed by atoms with van der Waals surface area (Å²) in [5.74, 6) is -2.31. The molecule has 5 nitrogen and oxygen atoms in total. The van der Waals surface area contributed by atoms with E-state index >= 15 is 0 Å². The molecule has 0 aliphatic heterocycles. The Labute approximate surface area is 192 Å². The molecule has 0 bridgehead atoms. The number of aryl methyl sites for hydroxylation is 1. The van der Waals surface area contributed by atoms with Crippen LogP contribution in [-0.2, 0) is 24.2 Å². The first-order valence-electron chi connectivity index (χ1n) is 10.2. The molecule has 1 aliphatic carbocycles. The predicted octanol–water partition coefficient (Wildman–Crippen LogP) is 5.97. The van der Waals surface area contributed by atoms with Crippen molar-refractivity contribution in [3.05, 3.63) is 67.7 Å². The number of methoxy groups -OCH3 is 1. The second kappa shape index (κ2) is 9.79. The molecule has 1 N–H and O–H groups in total. The summed E-state index contributed by atoms with van der Waals surface area (Å²) in [4.78, 5) is 26.8. The minimum atomic E-state index is -0.786. The summed E-state index contributed by atoms with van der Waals surface area (Å²) in [6, 6.07) is 4.74. The van der Waals surface area contributed by atoms with Gasteiger partial charge in [-0.25, -0.2) is 13.6 Å². The summed E-state index contributed by atoms with van der Waals surface area (Å²) in [7, 11) is 1.34. The fourth-order valence-electron chi connectivity index (χ4n) is 3.64. The number of rotatable bonds is 6. The molecule has 0 spiro atoms. The van der Waals surface area contributed by atoms with Gasteiger partial charge >= 0.3 is 5.97 Å². The largest absolute Gasteiger partial charge is 0.486 e. The van der Waals surface area contributed by atoms with Crippen molar-refractivity contribution >= 4 is 39.6 Å². The molecule has 0 radical (unpaired) electrons. The number of esters is 1. The van der Waals surface area contributed by atoms with Gasteiger partial charge in [0.1, 0.15) is 17.4 Å². The number of hydrogen-bond acceptors (Lipinski definition) is 6. The number of nitrogens with one attached hydrogen (secondary N) is 1. The lowest BCUT2D eigenvalue weighted by atomic mass is 10.1. The molecule has 1 aliphatic rings. The Kier molecular flexibility index (Phi) is 6.86. The molecule has 0 saturated heterocycles. The van der Waals surface area contributed by atoms with Gasteiger partial charge < -0.3 is 14.8 Å². The number of thiophene rings is 2. The van der Waals surface area contributed by atoms with Crippen LogP contribution in [0.15, 0.2) is 29.6 Å². The zero-order valence-corrected chi connectivity index (χ0v) is 19.0. The highest BCUT2D eigenvalue weighted by Crippen LogP contribution is 2.38. The molecular weight excluding hydrogens is 456 g/mol. The van der Waals surface area contributed by atoms with Gasteiger partial charge in [-0.15, -0.1) is 22.7 Å². The third-order valence-corrected chi connectivity index (χ3v) is 7.39. The van der Waals surface area contributed by atoms with Crippen LogP contribution in [0.1, 0.15) is 55.3 Å². The summed E-state index contributed by atoms with van der Waals surface area (Å²) in [5, 5.41) is 5.11. The van der Waals surface area contributed by atoms with Crippen LogP contribution in [0.5, 0.6) is 5.75 Å².